The Morgan fingerprint density at radius 2 is 2.28 bits per heavy atom. The van der Waals surface area contributed by atoms with Crippen LogP contribution in [-0.2, 0) is 18.4 Å². The Morgan fingerprint density at radius 3 is 2.72 bits per heavy atom. The molecule has 18 heavy (non-hydrogen) atoms. The molecule has 0 aliphatic carbocycles. The van der Waals surface area contributed by atoms with Crippen LogP contribution >= 0.6 is 0 Å². The van der Waals surface area contributed by atoms with E-state index in [1.807, 2.05) is 20.0 Å². The summed E-state index contributed by atoms with van der Waals surface area (Å²) >= 11 is 0. The number of nitrogens with zero attached hydrogens (tertiary/aromatic N) is 2. The minimum absolute atomic E-state index is 0.323. The van der Waals surface area contributed by atoms with Gasteiger partial charge in [-0.05, 0) is 24.0 Å². The molecule has 0 spiro atoms. The molecule has 0 bridgehead atoms. The topological polar surface area (TPSA) is 78.0 Å². The summed E-state index contributed by atoms with van der Waals surface area (Å²) in [5.74, 6) is -0.510. The third-order valence-corrected chi connectivity index (χ3v) is 2.73. The third-order valence-electron chi connectivity index (χ3n) is 2.73. The van der Waals surface area contributed by atoms with Gasteiger partial charge in [-0.2, -0.15) is 5.26 Å². The van der Waals surface area contributed by atoms with Gasteiger partial charge in [0, 0.05) is 19.8 Å². The van der Waals surface area contributed by atoms with E-state index in [0.29, 0.717) is 24.6 Å². The molecule has 1 heterocycles. The molecule has 0 radical (unpaired) electrons. The predicted octanol–water partition coefficient (Wildman–Crippen LogP) is 1.49. The van der Waals surface area contributed by atoms with E-state index in [0.717, 1.165) is 5.56 Å². The summed E-state index contributed by atoms with van der Waals surface area (Å²) in [6.45, 7) is 4.45. The molecule has 1 unspecified atom stereocenters. The normalized spacial score (nSPS) is 12.4. The lowest BCUT2D eigenvalue weighted by molar-refractivity contribution is -0.140. The Kier molecular flexibility index (Phi) is 4.93. The summed E-state index contributed by atoms with van der Waals surface area (Å²) in [5, 5.41) is 20.9. The zero-order chi connectivity index (χ0) is 13.7. The van der Waals surface area contributed by atoms with Gasteiger partial charge in [-0.25, -0.2) is 0 Å². The minimum Gasteiger partial charge on any atom is -0.480 e. The standard InChI is InChI=1S/C13H19N3O2/c1-9(2)4-12(13(17)18)15-7-10-5-11(6-14)16(3)8-10/h5,8-9,12,15H,4,7H2,1-3H3,(H,17,18). The molecule has 5 heteroatoms. The molecule has 98 valence electrons. The van der Waals surface area contributed by atoms with Gasteiger partial charge in [0.15, 0.2) is 0 Å². The lowest BCUT2D eigenvalue weighted by atomic mass is 10.0. The fourth-order valence-electron chi connectivity index (χ4n) is 1.82. The average Bonchev–Trinajstić information content (AvgIpc) is 2.64. The fraction of sp³-hybridized carbons (Fsp3) is 0.538. The molecule has 5 nitrogen and oxygen atoms in total. The molecule has 0 fully saturated rings. The lowest BCUT2D eigenvalue weighted by Crippen LogP contribution is -2.37. The van der Waals surface area contributed by atoms with Crippen molar-refractivity contribution in [1.29, 1.82) is 5.26 Å². The number of aliphatic carboxylic acids is 1. The average molecular weight is 249 g/mol. The second kappa shape index (κ2) is 6.22. The van der Waals surface area contributed by atoms with E-state index < -0.39 is 12.0 Å². The molecule has 1 aromatic heterocycles. The first-order valence-electron chi connectivity index (χ1n) is 5.95. The van der Waals surface area contributed by atoms with Crippen molar-refractivity contribution in [2.75, 3.05) is 0 Å². The Morgan fingerprint density at radius 1 is 1.61 bits per heavy atom. The summed E-state index contributed by atoms with van der Waals surface area (Å²) in [7, 11) is 1.80. The summed E-state index contributed by atoms with van der Waals surface area (Å²) in [6.07, 6.45) is 2.42. The van der Waals surface area contributed by atoms with Crippen LogP contribution in [0.1, 0.15) is 31.5 Å². The van der Waals surface area contributed by atoms with E-state index in [1.165, 1.54) is 0 Å². The van der Waals surface area contributed by atoms with Crippen LogP contribution in [0.25, 0.3) is 0 Å². The highest BCUT2D eigenvalue weighted by Gasteiger charge is 2.18. The maximum atomic E-state index is 11.1. The molecule has 1 atom stereocenters. The maximum absolute atomic E-state index is 11.1. The van der Waals surface area contributed by atoms with E-state index >= 15 is 0 Å². The summed E-state index contributed by atoms with van der Waals surface area (Å²) < 4.78 is 1.73. The number of aromatic nitrogens is 1. The van der Waals surface area contributed by atoms with Crippen LogP contribution < -0.4 is 5.32 Å². The van der Waals surface area contributed by atoms with Crippen molar-refractivity contribution in [3.05, 3.63) is 23.5 Å². The van der Waals surface area contributed by atoms with Crippen LogP contribution in [0.5, 0.6) is 0 Å². The molecule has 0 aliphatic heterocycles. The predicted molar refractivity (Wildman–Crippen MR) is 67.8 cm³/mol. The highest BCUT2D eigenvalue weighted by atomic mass is 16.4. The zero-order valence-electron chi connectivity index (χ0n) is 11.0. The molecule has 0 aromatic carbocycles. The van der Waals surface area contributed by atoms with Crippen LogP contribution in [0.3, 0.4) is 0 Å². The van der Waals surface area contributed by atoms with Crippen LogP contribution in [0.15, 0.2) is 12.3 Å². The van der Waals surface area contributed by atoms with Gasteiger partial charge in [-0.1, -0.05) is 13.8 Å². The summed E-state index contributed by atoms with van der Waals surface area (Å²) in [4.78, 5) is 11.1. The second-order valence-electron chi connectivity index (χ2n) is 4.86. The van der Waals surface area contributed by atoms with Gasteiger partial charge in [0.25, 0.3) is 0 Å². The van der Waals surface area contributed by atoms with Gasteiger partial charge in [0.1, 0.15) is 17.8 Å². The molecule has 0 amide bonds. The first-order valence-corrected chi connectivity index (χ1v) is 5.95. The van der Waals surface area contributed by atoms with Crippen molar-refractivity contribution in [3.63, 3.8) is 0 Å². The summed E-state index contributed by atoms with van der Waals surface area (Å²) in [5.41, 5.74) is 1.49. The van der Waals surface area contributed by atoms with Crippen molar-refractivity contribution in [1.82, 2.24) is 9.88 Å². The summed E-state index contributed by atoms with van der Waals surface area (Å²) in [6, 6.07) is 3.30. The van der Waals surface area contributed by atoms with Gasteiger partial charge in [0.2, 0.25) is 0 Å². The molecule has 0 saturated carbocycles. The quantitative estimate of drug-likeness (QED) is 0.800. The van der Waals surface area contributed by atoms with Crippen molar-refractivity contribution in [2.45, 2.75) is 32.9 Å². The van der Waals surface area contributed by atoms with Crippen LogP contribution in [-0.4, -0.2) is 21.7 Å². The molecule has 0 saturated heterocycles. The smallest absolute Gasteiger partial charge is 0.320 e. The van der Waals surface area contributed by atoms with Crippen LogP contribution in [0.2, 0.25) is 0 Å². The Hall–Kier alpha value is -1.80. The van der Waals surface area contributed by atoms with Crippen molar-refractivity contribution >= 4 is 5.97 Å². The molecular formula is C13H19N3O2. The number of nitrogens with one attached hydrogen (secondary N) is 1. The van der Waals surface area contributed by atoms with E-state index in [2.05, 4.69) is 11.4 Å². The van der Waals surface area contributed by atoms with Crippen LogP contribution in [0, 0.1) is 17.2 Å². The third kappa shape index (κ3) is 3.90. The van der Waals surface area contributed by atoms with Crippen molar-refractivity contribution in [3.8, 4) is 6.07 Å². The maximum Gasteiger partial charge on any atom is 0.320 e. The number of aryl methyl sites for hydroxylation is 1. The van der Waals surface area contributed by atoms with Gasteiger partial charge in [-0.15, -0.1) is 0 Å². The fourth-order valence-corrected chi connectivity index (χ4v) is 1.82. The Labute approximate surface area is 107 Å². The van der Waals surface area contributed by atoms with E-state index in [1.54, 1.807) is 17.7 Å². The molecule has 1 rings (SSSR count). The minimum atomic E-state index is -0.833. The van der Waals surface area contributed by atoms with Gasteiger partial charge in [-0.3, -0.25) is 4.79 Å². The molecule has 0 aliphatic rings. The number of carboxylic acid groups (broad SMARTS) is 1. The number of hydrogen-bond donors (Lipinski definition) is 2. The first kappa shape index (κ1) is 14.3. The van der Waals surface area contributed by atoms with Crippen LogP contribution in [0.4, 0.5) is 0 Å². The van der Waals surface area contributed by atoms with E-state index in [-0.39, 0.29) is 0 Å². The highest BCUT2D eigenvalue weighted by Crippen LogP contribution is 2.09. The molecule has 1 aromatic rings. The highest BCUT2D eigenvalue weighted by molar-refractivity contribution is 5.73. The van der Waals surface area contributed by atoms with Crippen molar-refractivity contribution in [2.24, 2.45) is 13.0 Å². The van der Waals surface area contributed by atoms with Crippen molar-refractivity contribution < 1.29 is 9.90 Å². The monoisotopic (exact) mass is 249 g/mol. The van der Waals surface area contributed by atoms with Gasteiger partial charge in [0.05, 0.1) is 0 Å². The Bertz CT molecular complexity index is 457. The number of rotatable bonds is 6. The van der Waals surface area contributed by atoms with Gasteiger partial charge < -0.3 is 15.0 Å². The number of carbonyl (C=O) groups is 1. The SMILES string of the molecule is CC(C)CC(NCc1cc(C#N)n(C)c1)C(=O)O. The molecule has 2 N–H and O–H groups in total. The zero-order valence-corrected chi connectivity index (χ0v) is 11.0. The molecular weight excluding hydrogens is 230 g/mol. The van der Waals surface area contributed by atoms with E-state index in [9.17, 15) is 4.79 Å². The number of carboxylic acids is 1. The van der Waals surface area contributed by atoms with Gasteiger partial charge >= 0.3 is 5.97 Å². The Balaban J connectivity index is 2.61. The van der Waals surface area contributed by atoms with E-state index in [4.69, 9.17) is 10.4 Å². The number of nitriles is 1. The lowest BCUT2D eigenvalue weighted by Gasteiger charge is -2.15. The largest absolute Gasteiger partial charge is 0.480 e. The number of hydrogen-bond acceptors (Lipinski definition) is 3. The first-order chi connectivity index (χ1) is 8.43. The second-order valence-corrected chi connectivity index (χ2v) is 4.86.